The maximum Gasteiger partial charge on any atom is 0.220 e. The molecule has 104 valence electrons. The van der Waals surface area contributed by atoms with Gasteiger partial charge in [0.05, 0.1) is 5.60 Å². The molecule has 0 radical (unpaired) electrons. The smallest absolute Gasteiger partial charge is 0.220 e. The summed E-state index contributed by atoms with van der Waals surface area (Å²) in [7, 11) is 0. The Labute approximate surface area is 116 Å². The number of amides is 1. The van der Waals surface area contributed by atoms with Gasteiger partial charge in [-0.2, -0.15) is 11.8 Å². The fourth-order valence-corrected chi connectivity index (χ4v) is 3.33. The van der Waals surface area contributed by atoms with Crippen molar-refractivity contribution in [1.82, 2.24) is 5.32 Å². The lowest BCUT2D eigenvalue weighted by molar-refractivity contribution is -0.122. The number of halogens is 1. The molecule has 1 unspecified atom stereocenters. The van der Waals surface area contributed by atoms with Gasteiger partial charge in [-0.25, -0.2) is 4.39 Å². The van der Waals surface area contributed by atoms with Gasteiger partial charge >= 0.3 is 0 Å². The van der Waals surface area contributed by atoms with Crippen molar-refractivity contribution in [2.24, 2.45) is 0 Å². The number of carbonyl (C=O) groups is 1. The second-order valence-electron chi connectivity index (χ2n) is 4.93. The quantitative estimate of drug-likeness (QED) is 0.865. The Kier molecular flexibility index (Phi) is 4.82. The molecule has 1 saturated heterocycles. The van der Waals surface area contributed by atoms with Crippen molar-refractivity contribution < 1.29 is 14.3 Å². The van der Waals surface area contributed by atoms with Gasteiger partial charge in [0.2, 0.25) is 5.91 Å². The monoisotopic (exact) mass is 283 g/mol. The van der Waals surface area contributed by atoms with Crippen LogP contribution in [0.4, 0.5) is 4.39 Å². The third-order valence-corrected chi connectivity index (χ3v) is 4.46. The molecule has 1 aromatic carbocycles. The molecule has 0 spiro atoms. The second-order valence-corrected chi connectivity index (χ2v) is 6.04. The molecule has 1 aromatic rings. The van der Waals surface area contributed by atoms with E-state index >= 15 is 0 Å². The summed E-state index contributed by atoms with van der Waals surface area (Å²) >= 11 is 1.70. The largest absolute Gasteiger partial charge is 0.387 e. The number of hydrogen-bond donors (Lipinski definition) is 2. The summed E-state index contributed by atoms with van der Waals surface area (Å²) in [6.45, 7) is 0.308. The zero-order valence-corrected chi connectivity index (χ0v) is 11.5. The summed E-state index contributed by atoms with van der Waals surface area (Å²) in [4.78, 5) is 11.7. The molecule has 1 aliphatic rings. The van der Waals surface area contributed by atoms with E-state index in [0.29, 0.717) is 25.1 Å². The van der Waals surface area contributed by atoms with Crippen LogP contribution in [0.25, 0.3) is 0 Å². The van der Waals surface area contributed by atoms with E-state index in [-0.39, 0.29) is 11.7 Å². The average Bonchev–Trinajstić information content (AvgIpc) is 2.82. The van der Waals surface area contributed by atoms with Crippen molar-refractivity contribution in [2.45, 2.75) is 24.9 Å². The lowest BCUT2D eigenvalue weighted by Crippen LogP contribution is -2.43. The molecule has 0 saturated carbocycles. The fourth-order valence-electron chi connectivity index (χ4n) is 2.04. The molecule has 5 heteroatoms. The van der Waals surface area contributed by atoms with Gasteiger partial charge in [0.15, 0.2) is 0 Å². The van der Waals surface area contributed by atoms with Crippen molar-refractivity contribution >= 4 is 17.7 Å². The molecule has 19 heavy (non-hydrogen) atoms. The number of nitrogens with one attached hydrogen (secondary N) is 1. The van der Waals surface area contributed by atoms with Crippen molar-refractivity contribution in [3.63, 3.8) is 0 Å². The molecule has 1 atom stereocenters. The van der Waals surface area contributed by atoms with E-state index in [4.69, 9.17) is 0 Å². The van der Waals surface area contributed by atoms with E-state index in [9.17, 15) is 14.3 Å². The number of aryl methyl sites for hydroxylation is 1. The number of rotatable bonds is 5. The van der Waals surface area contributed by atoms with Crippen LogP contribution in [0.5, 0.6) is 0 Å². The Morgan fingerprint density at radius 1 is 1.53 bits per heavy atom. The molecule has 1 amide bonds. The summed E-state index contributed by atoms with van der Waals surface area (Å²) in [5.74, 6) is 1.23. The Bertz CT molecular complexity index is 447. The minimum atomic E-state index is -0.751. The summed E-state index contributed by atoms with van der Waals surface area (Å²) in [5, 5.41) is 12.8. The van der Waals surface area contributed by atoms with E-state index < -0.39 is 5.60 Å². The number of carbonyl (C=O) groups excluding carboxylic acids is 1. The van der Waals surface area contributed by atoms with E-state index in [1.54, 1.807) is 23.9 Å². The maximum atomic E-state index is 13.0. The molecule has 1 fully saturated rings. The Morgan fingerprint density at radius 3 is 3.05 bits per heavy atom. The van der Waals surface area contributed by atoms with Crippen LogP contribution >= 0.6 is 11.8 Å². The zero-order chi connectivity index (χ0) is 13.7. The molecular formula is C14H18FNO2S. The van der Waals surface area contributed by atoms with Crippen LogP contribution in [0, 0.1) is 5.82 Å². The fraction of sp³-hybridized carbons (Fsp3) is 0.500. The number of aliphatic hydroxyl groups is 1. The number of benzene rings is 1. The number of hydrogen-bond acceptors (Lipinski definition) is 3. The zero-order valence-electron chi connectivity index (χ0n) is 10.7. The highest BCUT2D eigenvalue weighted by molar-refractivity contribution is 7.99. The molecule has 2 N–H and O–H groups in total. The van der Waals surface area contributed by atoms with E-state index in [1.807, 2.05) is 0 Å². The van der Waals surface area contributed by atoms with Gasteiger partial charge in [-0.1, -0.05) is 12.1 Å². The predicted octanol–water partition coefficient (Wildman–Crippen LogP) is 1.74. The molecule has 0 aromatic heterocycles. The lowest BCUT2D eigenvalue weighted by atomic mass is 10.0. The highest BCUT2D eigenvalue weighted by atomic mass is 32.2. The topological polar surface area (TPSA) is 49.3 Å². The Hall–Kier alpha value is -1.07. The van der Waals surface area contributed by atoms with Crippen molar-refractivity contribution in [1.29, 1.82) is 0 Å². The highest BCUT2D eigenvalue weighted by Gasteiger charge is 2.31. The van der Waals surface area contributed by atoms with Gasteiger partial charge < -0.3 is 10.4 Å². The van der Waals surface area contributed by atoms with Crippen LogP contribution in [0.3, 0.4) is 0 Å². The van der Waals surface area contributed by atoms with E-state index in [0.717, 1.165) is 17.7 Å². The third kappa shape index (κ3) is 4.51. The van der Waals surface area contributed by atoms with Crippen LogP contribution in [-0.4, -0.2) is 34.7 Å². The normalized spacial score (nSPS) is 22.4. The van der Waals surface area contributed by atoms with Crippen LogP contribution < -0.4 is 5.32 Å². The highest BCUT2D eigenvalue weighted by Crippen LogP contribution is 2.26. The predicted molar refractivity (Wildman–Crippen MR) is 74.6 cm³/mol. The molecule has 2 rings (SSSR count). The van der Waals surface area contributed by atoms with Crippen molar-refractivity contribution in [2.75, 3.05) is 18.1 Å². The molecule has 0 aliphatic carbocycles. The molecule has 0 bridgehead atoms. The second kappa shape index (κ2) is 6.39. The first-order valence-corrected chi connectivity index (χ1v) is 7.54. The Balaban J connectivity index is 1.73. The minimum absolute atomic E-state index is 0.102. The van der Waals surface area contributed by atoms with Gasteiger partial charge in [0, 0.05) is 18.7 Å². The van der Waals surface area contributed by atoms with Crippen LogP contribution in [0.1, 0.15) is 18.4 Å². The lowest BCUT2D eigenvalue weighted by Gasteiger charge is -2.21. The molecule has 1 heterocycles. The first-order valence-electron chi connectivity index (χ1n) is 6.39. The van der Waals surface area contributed by atoms with Crippen LogP contribution in [0.15, 0.2) is 24.3 Å². The number of thioether (sulfide) groups is 1. The average molecular weight is 283 g/mol. The van der Waals surface area contributed by atoms with E-state index in [2.05, 4.69) is 5.32 Å². The van der Waals surface area contributed by atoms with Gasteiger partial charge in [0.1, 0.15) is 5.82 Å². The first-order chi connectivity index (χ1) is 9.07. The summed E-state index contributed by atoms with van der Waals surface area (Å²) in [6.07, 6.45) is 1.55. The molecular weight excluding hydrogens is 265 g/mol. The first kappa shape index (κ1) is 14.3. The SMILES string of the molecule is O=C(CCc1cccc(F)c1)NCC1(O)CCSC1. The minimum Gasteiger partial charge on any atom is -0.387 e. The maximum absolute atomic E-state index is 13.0. The standard InChI is InChI=1S/C14H18FNO2S/c15-12-3-1-2-11(8-12)4-5-13(17)16-9-14(18)6-7-19-10-14/h1-3,8,18H,4-7,9-10H2,(H,16,17). The van der Waals surface area contributed by atoms with Gasteiger partial charge in [0.25, 0.3) is 0 Å². The summed E-state index contributed by atoms with van der Waals surface area (Å²) in [5.41, 5.74) is 0.0596. The van der Waals surface area contributed by atoms with E-state index in [1.165, 1.54) is 12.1 Å². The molecule has 3 nitrogen and oxygen atoms in total. The Morgan fingerprint density at radius 2 is 2.37 bits per heavy atom. The van der Waals surface area contributed by atoms with Gasteiger partial charge in [-0.15, -0.1) is 0 Å². The summed E-state index contributed by atoms with van der Waals surface area (Å²) in [6, 6.07) is 6.27. The van der Waals surface area contributed by atoms with Gasteiger partial charge in [-0.3, -0.25) is 4.79 Å². The third-order valence-electron chi connectivity index (χ3n) is 3.23. The van der Waals surface area contributed by atoms with Crippen molar-refractivity contribution in [3.05, 3.63) is 35.6 Å². The molecule has 1 aliphatic heterocycles. The summed E-state index contributed by atoms with van der Waals surface area (Å²) < 4.78 is 13.0. The van der Waals surface area contributed by atoms with Crippen LogP contribution in [-0.2, 0) is 11.2 Å². The van der Waals surface area contributed by atoms with Gasteiger partial charge in [-0.05, 0) is 36.3 Å². The van der Waals surface area contributed by atoms with Crippen LogP contribution in [0.2, 0.25) is 0 Å². The van der Waals surface area contributed by atoms with Crippen molar-refractivity contribution in [3.8, 4) is 0 Å².